The van der Waals surface area contributed by atoms with Gasteiger partial charge >= 0.3 is 0 Å². The Kier molecular flexibility index (Phi) is 4.52. The van der Waals surface area contributed by atoms with Crippen molar-refractivity contribution >= 4 is 21.8 Å². The van der Waals surface area contributed by atoms with Crippen LogP contribution in [0, 0.1) is 0 Å². The van der Waals surface area contributed by atoms with Crippen LogP contribution in [0.4, 0.5) is 0 Å². The van der Waals surface area contributed by atoms with Crippen molar-refractivity contribution in [1.29, 1.82) is 0 Å². The predicted molar refractivity (Wildman–Crippen MR) is 75.2 cm³/mol. The van der Waals surface area contributed by atoms with Gasteiger partial charge in [0.25, 0.3) is 5.91 Å². The number of ether oxygens (including phenoxy) is 2. The molecule has 0 radical (unpaired) electrons. The van der Waals surface area contributed by atoms with Crippen molar-refractivity contribution in [2.45, 2.75) is 12.2 Å². The van der Waals surface area contributed by atoms with Crippen LogP contribution in [-0.4, -0.2) is 60.5 Å². The van der Waals surface area contributed by atoms with Crippen LogP contribution in [0.15, 0.2) is 16.6 Å². The molecule has 0 aliphatic carbocycles. The summed E-state index contributed by atoms with van der Waals surface area (Å²) in [5.41, 5.74) is 0.319. The summed E-state index contributed by atoms with van der Waals surface area (Å²) in [6.45, 7) is 0.190. The number of nitrogens with zero attached hydrogens (tertiary/aromatic N) is 1. The van der Waals surface area contributed by atoms with Crippen molar-refractivity contribution in [3.63, 3.8) is 0 Å². The molecular formula is C13H16BrNO5. The fourth-order valence-corrected chi connectivity index (χ4v) is 2.76. The number of hydrogen-bond acceptors (Lipinski definition) is 5. The highest BCUT2D eigenvalue weighted by Gasteiger charge is 2.34. The third kappa shape index (κ3) is 2.74. The second-order valence-corrected chi connectivity index (χ2v) is 5.39. The standard InChI is InChI=1S/C13H16BrNO5/c1-19-7-3-8(12(20-2)9(14)4-7)13(18)15-5-10(16)11(17)6-15/h3-4,10-11,16-17H,5-6H2,1-2H3/t10-,11+. The number of methoxy groups -OCH3 is 2. The summed E-state index contributed by atoms with van der Waals surface area (Å²) in [4.78, 5) is 13.9. The fraction of sp³-hybridized carbons (Fsp3) is 0.462. The van der Waals surface area contributed by atoms with E-state index in [-0.39, 0.29) is 19.0 Å². The molecule has 20 heavy (non-hydrogen) atoms. The van der Waals surface area contributed by atoms with Gasteiger partial charge in [-0.3, -0.25) is 4.79 Å². The largest absolute Gasteiger partial charge is 0.497 e. The molecule has 0 bridgehead atoms. The zero-order valence-corrected chi connectivity index (χ0v) is 12.8. The monoisotopic (exact) mass is 345 g/mol. The number of rotatable bonds is 3. The van der Waals surface area contributed by atoms with Gasteiger partial charge in [0.1, 0.15) is 11.5 Å². The third-order valence-corrected chi connectivity index (χ3v) is 3.82. The first-order chi connectivity index (χ1) is 9.47. The summed E-state index contributed by atoms with van der Waals surface area (Å²) in [7, 11) is 2.98. The van der Waals surface area contributed by atoms with Crippen LogP contribution >= 0.6 is 15.9 Å². The number of carbonyl (C=O) groups excluding carboxylic acids is 1. The Balaban J connectivity index is 2.36. The number of aliphatic hydroxyl groups excluding tert-OH is 2. The van der Waals surface area contributed by atoms with E-state index in [2.05, 4.69) is 15.9 Å². The molecule has 0 unspecified atom stereocenters. The van der Waals surface area contributed by atoms with Gasteiger partial charge in [0.05, 0.1) is 36.5 Å². The second-order valence-electron chi connectivity index (χ2n) is 4.53. The Hall–Kier alpha value is -1.31. The van der Waals surface area contributed by atoms with Crippen LogP contribution in [0.25, 0.3) is 0 Å². The van der Waals surface area contributed by atoms with Crippen LogP contribution < -0.4 is 9.47 Å². The molecule has 1 amide bonds. The van der Waals surface area contributed by atoms with Crippen LogP contribution in [0.3, 0.4) is 0 Å². The van der Waals surface area contributed by atoms with Crippen molar-refractivity contribution in [3.05, 3.63) is 22.2 Å². The molecule has 0 aromatic heterocycles. The average Bonchev–Trinajstić information content (AvgIpc) is 2.76. The number of β-amino-alcohol motifs (C(OH)–C–C–N with tert-alkyl or cyclic N) is 2. The molecule has 6 nitrogen and oxygen atoms in total. The fourth-order valence-electron chi connectivity index (χ4n) is 2.16. The van der Waals surface area contributed by atoms with Crippen LogP contribution in [0.5, 0.6) is 11.5 Å². The van der Waals surface area contributed by atoms with Crippen molar-refractivity contribution in [3.8, 4) is 11.5 Å². The number of benzene rings is 1. The Morgan fingerprint density at radius 1 is 1.25 bits per heavy atom. The zero-order chi connectivity index (χ0) is 14.9. The Labute approximate surface area is 125 Å². The molecule has 1 aliphatic heterocycles. The number of carbonyl (C=O) groups is 1. The average molecular weight is 346 g/mol. The lowest BCUT2D eigenvalue weighted by Gasteiger charge is -2.18. The van der Waals surface area contributed by atoms with E-state index in [1.165, 1.54) is 19.1 Å². The molecule has 0 saturated carbocycles. The smallest absolute Gasteiger partial charge is 0.257 e. The number of hydrogen-bond donors (Lipinski definition) is 2. The second kappa shape index (κ2) is 5.99. The predicted octanol–water partition coefficient (Wildman–Crippen LogP) is 0.644. The highest BCUT2D eigenvalue weighted by Crippen LogP contribution is 2.34. The van der Waals surface area contributed by atoms with E-state index in [4.69, 9.17) is 9.47 Å². The quantitative estimate of drug-likeness (QED) is 0.840. The molecule has 1 aliphatic rings. The number of halogens is 1. The van der Waals surface area contributed by atoms with Gasteiger partial charge in [0.2, 0.25) is 0 Å². The van der Waals surface area contributed by atoms with Gasteiger partial charge in [-0.25, -0.2) is 0 Å². The summed E-state index contributed by atoms with van der Waals surface area (Å²) in [6.07, 6.45) is -1.84. The van der Waals surface area contributed by atoms with E-state index < -0.39 is 12.2 Å². The van der Waals surface area contributed by atoms with Gasteiger partial charge in [-0.2, -0.15) is 0 Å². The van der Waals surface area contributed by atoms with Gasteiger partial charge in [0.15, 0.2) is 0 Å². The minimum absolute atomic E-state index is 0.0952. The molecule has 110 valence electrons. The Morgan fingerprint density at radius 2 is 1.85 bits per heavy atom. The van der Waals surface area contributed by atoms with Crippen LogP contribution in [0.2, 0.25) is 0 Å². The van der Waals surface area contributed by atoms with Crippen molar-refractivity contribution < 1.29 is 24.5 Å². The summed E-state index contributed by atoms with van der Waals surface area (Å²) in [6, 6.07) is 3.27. The van der Waals surface area contributed by atoms with Gasteiger partial charge in [-0.15, -0.1) is 0 Å². The summed E-state index contributed by atoms with van der Waals surface area (Å²) in [5.74, 6) is 0.588. The van der Waals surface area contributed by atoms with Crippen molar-refractivity contribution in [2.24, 2.45) is 0 Å². The lowest BCUT2D eigenvalue weighted by molar-refractivity contribution is 0.0572. The maximum atomic E-state index is 12.5. The molecule has 1 aromatic rings. The van der Waals surface area contributed by atoms with Crippen molar-refractivity contribution in [2.75, 3.05) is 27.3 Å². The van der Waals surface area contributed by atoms with E-state index in [9.17, 15) is 15.0 Å². The van der Waals surface area contributed by atoms with Gasteiger partial charge in [0, 0.05) is 13.1 Å². The van der Waals surface area contributed by atoms with Gasteiger partial charge < -0.3 is 24.6 Å². The first-order valence-corrected chi connectivity index (χ1v) is 6.84. The molecule has 2 rings (SSSR count). The summed E-state index contributed by atoms with van der Waals surface area (Å²) < 4.78 is 11.0. The van der Waals surface area contributed by atoms with Gasteiger partial charge in [-0.05, 0) is 28.1 Å². The lowest BCUT2D eigenvalue weighted by Crippen LogP contribution is -2.30. The zero-order valence-electron chi connectivity index (χ0n) is 11.2. The molecule has 7 heteroatoms. The van der Waals surface area contributed by atoms with Crippen molar-refractivity contribution in [1.82, 2.24) is 4.90 Å². The molecule has 1 aromatic carbocycles. The van der Waals surface area contributed by atoms with E-state index in [1.54, 1.807) is 12.1 Å². The molecular weight excluding hydrogens is 330 g/mol. The minimum atomic E-state index is -0.918. The normalized spacial score (nSPS) is 21.9. The van der Waals surface area contributed by atoms with E-state index in [1.807, 2.05) is 0 Å². The highest BCUT2D eigenvalue weighted by molar-refractivity contribution is 9.10. The highest BCUT2D eigenvalue weighted by atomic mass is 79.9. The minimum Gasteiger partial charge on any atom is -0.497 e. The molecule has 1 heterocycles. The molecule has 2 atom stereocenters. The topological polar surface area (TPSA) is 79.2 Å². The summed E-state index contributed by atoms with van der Waals surface area (Å²) >= 11 is 3.33. The maximum Gasteiger partial charge on any atom is 0.257 e. The van der Waals surface area contributed by atoms with E-state index in [0.717, 1.165) is 0 Å². The number of amides is 1. The Bertz CT molecular complexity index is 512. The molecule has 1 fully saturated rings. The third-order valence-electron chi connectivity index (χ3n) is 3.23. The lowest BCUT2D eigenvalue weighted by atomic mass is 10.1. The number of aliphatic hydroxyl groups is 2. The van der Waals surface area contributed by atoms with Crippen LogP contribution in [0.1, 0.15) is 10.4 Å². The van der Waals surface area contributed by atoms with Crippen LogP contribution in [-0.2, 0) is 0 Å². The molecule has 2 N–H and O–H groups in total. The maximum absolute atomic E-state index is 12.5. The molecule has 0 spiro atoms. The summed E-state index contributed by atoms with van der Waals surface area (Å²) in [5, 5.41) is 19.1. The van der Waals surface area contributed by atoms with E-state index in [0.29, 0.717) is 21.5 Å². The Morgan fingerprint density at radius 3 is 2.35 bits per heavy atom. The molecule has 1 saturated heterocycles. The first-order valence-electron chi connectivity index (χ1n) is 6.04. The first kappa shape index (κ1) is 15.1. The number of likely N-dealkylation sites (tertiary alicyclic amines) is 1. The van der Waals surface area contributed by atoms with Gasteiger partial charge in [-0.1, -0.05) is 0 Å². The van der Waals surface area contributed by atoms with E-state index >= 15 is 0 Å². The SMILES string of the molecule is COc1cc(Br)c(OC)c(C(=O)N2C[C@@H](O)[C@@H](O)C2)c1.